The monoisotopic (exact) mass is 776 g/mol. The van der Waals surface area contributed by atoms with Crippen LogP contribution in [0.5, 0.6) is 11.5 Å². The fourth-order valence-corrected chi connectivity index (χ4v) is 8.90. The molecule has 0 aliphatic carbocycles. The molecule has 0 spiro atoms. The number of alkyl carbamates (subject to hydrolysis) is 1. The second-order valence-electron chi connectivity index (χ2n) is 19.1. The zero-order chi connectivity index (χ0) is 40.4. The molecular formula is C43H77N3O7Si. The van der Waals surface area contributed by atoms with Crippen LogP contribution in [0.2, 0.25) is 18.1 Å². The Morgan fingerprint density at radius 2 is 1.59 bits per heavy atom. The fraction of sp³-hybridized carbons (Fsp3) is 0.814. The molecule has 3 fully saturated rings. The normalized spacial score (nSPS) is 21.4. The van der Waals surface area contributed by atoms with E-state index in [-0.39, 0.29) is 40.7 Å². The summed E-state index contributed by atoms with van der Waals surface area (Å²) >= 11 is 0. The Hall–Kier alpha value is -2.34. The lowest BCUT2D eigenvalue weighted by atomic mass is 9.80. The molecule has 1 aromatic carbocycles. The van der Waals surface area contributed by atoms with Crippen LogP contribution in [0, 0.1) is 29.6 Å². The first-order chi connectivity index (χ1) is 25.1. The summed E-state index contributed by atoms with van der Waals surface area (Å²) in [6.45, 7) is 30.0. The van der Waals surface area contributed by atoms with Crippen molar-refractivity contribution in [2.45, 2.75) is 150 Å². The maximum Gasteiger partial charge on any atom is 0.407 e. The summed E-state index contributed by atoms with van der Waals surface area (Å²) in [4.78, 5) is 30.5. The largest absolute Gasteiger partial charge is 0.493 e. The van der Waals surface area contributed by atoms with Crippen molar-refractivity contribution >= 4 is 20.3 Å². The highest BCUT2D eigenvalue weighted by Gasteiger charge is 2.44. The molecule has 0 saturated carbocycles. The highest BCUT2D eigenvalue weighted by Crippen LogP contribution is 2.40. The smallest absolute Gasteiger partial charge is 0.407 e. The fourth-order valence-electron chi connectivity index (χ4n) is 7.53. The molecule has 11 heteroatoms. The molecule has 4 rings (SSSR count). The second-order valence-corrected chi connectivity index (χ2v) is 23.9. The lowest BCUT2D eigenvalue weighted by Crippen LogP contribution is -2.59. The van der Waals surface area contributed by atoms with Crippen molar-refractivity contribution in [3.63, 3.8) is 0 Å². The molecule has 310 valence electrons. The molecular weight excluding hydrogens is 699 g/mol. The molecule has 5 atom stereocenters. The summed E-state index contributed by atoms with van der Waals surface area (Å²) in [5.74, 6) is 2.30. The summed E-state index contributed by atoms with van der Waals surface area (Å²) in [6, 6.07) is 5.94. The third-order valence-electron chi connectivity index (χ3n) is 12.0. The summed E-state index contributed by atoms with van der Waals surface area (Å²) < 4.78 is 30.2. The predicted molar refractivity (Wildman–Crippen MR) is 221 cm³/mol. The quantitative estimate of drug-likeness (QED) is 0.100. The average molecular weight is 776 g/mol. The van der Waals surface area contributed by atoms with E-state index >= 15 is 0 Å². The van der Waals surface area contributed by atoms with Crippen molar-refractivity contribution < 1.29 is 33.0 Å². The van der Waals surface area contributed by atoms with Gasteiger partial charge < -0.3 is 38.9 Å². The first kappa shape index (κ1) is 46.0. The number of rotatable bonds is 20. The molecule has 1 unspecified atom stereocenters. The molecule has 3 aliphatic heterocycles. The van der Waals surface area contributed by atoms with Crippen molar-refractivity contribution in [1.82, 2.24) is 15.5 Å². The molecule has 0 radical (unpaired) electrons. The van der Waals surface area contributed by atoms with Crippen molar-refractivity contribution in [3.8, 4) is 11.5 Å². The van der Waals surface area contributed by atoms with Gasteiger partial charge in [0.25, 0.3) is 0 Å². The van der Waals surface area contributed by atoms with Crippen molar-refractivity contribution in [2.24, 2.45) is 29.6 Å². The van der Waals surface area contributed by atoms with E-state index in [1.165, 1.54) is 0 Å². The van der Waals surface area contributed by atoms with Gasteiger partial charge in [0.2, 0.25) is 5.91 Å². The van der Waals surface area contributed by atoms with E-state index in [1.807, 2.05) is 26.8 Å². The second kappa shape index (κ2) is 20.2. The molecule has 3 saturated heterocycles. The molecule has 0 aromatic heterocycles. The van der Waals surface area contributed by atoms with E-state index in [1.54, 1.807) is 14.2 Å². The molecule has 3 aliphatic rings. The van der Waals surface area contributed by atoms with E-state index in [0.29, 0.717) is 43.5 Å². The highest BCUT2D eigenvalue weighted by atomic mass is 28.4. The van der Waals surface area contributed by atoms with Gasteiger partial charge in [0, 0.05) is 38.6 Å². The van der Waals surface area contributed by atoms with Crippen LogP contribution in [0.1, 0.15) is 107 Å². The van der Waals surface area contributed by atoms with Gasteiger partial charge in [-0.15, -0.1) is 0 Å². The summed E-state index contributed by atoms with van der Waals surface area (Å²) in [5, 5.41) is 6.74. The van der Waals surface area contributed by atoms with Crippen molar-refractivity contribution in [1.29, 1.82) is 0 Å². The van der Waals surface area contributed by atoms with Crippen LogP contribution in [-0.4, -0.2) is 96.1 Å². The number of nitrogens with zero attached hydrogens (tertiary/aromatic N) is 1. The van der Waals surface area contributed by atoms with Gasteiger partial charge in [-0.3, -0.25) is 4.79 Å². The Morgan fingerprint density at radius 3 is 2.11 bits per heavy atom. The molecule has 2 N–H and O–H groups in total. The van der Waals surface area contributed by atoms with Gasteiger partial charge in [-0.25, -0.2) is 4.79 Å². The van der Waals surface area contributed by atoms with Gasteiger partial charge >= 0.3 is 6.09 Å². The number of fused-ring (bicyclic) bond motifs is 3. The van der Waals surface area contributed by atoms with Crippen LogP contribution in [-0.2, 0) is 25.1 Å². The van der Waals surface area contributed by atoms with Gasteiger partial charge in [-0.05, 0) is 125 Å². The number of carbonyl (C=O) groups is 2. The highest BCUT2D eigenvalue weighted by molar-refractivity contribution is 6.74. The third-order valence-corrected chi connectivity index (χ3v) is 16.5. The maximum atomic E-state index is 14.3. The number of methoxy groups -OCH3 is 2. The minimum Gasteiger partial charge on any atom is -0.493 e. The van der Waals surface area contributed by atoms with Crippen LogP contribution < -0.4 is 20.1 Å². The molecule has 54 heavy (non-hydrogen) atoms. The Balaban J connectivity index is 2.00. The molecule has 3 heterocycles. The lowest BCUT2D eigenvalue weighted by Gasteiger charge is -2.46. The SMILES string of the molecule is COCCCOc1cc(C[C@@H](C[C@H](NC(=O)OC(C)(C)C)[C@H](C[C@H](C(=O)NC2CN3CCC2CC3)C(C)C)O[Si](C)(C)C(C)(C)C)C(C)C)ccc1OC. The number of hydrogen-bond donors (Lipinski definition) is 2. The molecule has 2 bridgehead atoms. The number of carbonyl (C=O) groups excluding carboxylic acids is 2. The third kappa shape index (κ3) is 14.0. The number of ether oxygens (including phenoxy) is 4. The van der Waals surface area contributed by atoms with Crippen LogP contribution in [0.15, 0.2) is 18.2 Å². The van der Waals surface area contributed by atoms with Gasteiger partial charge in [-0.2, -0.15) is 0 Å². The molecule has 1 aromatic rings. The van der Waals surface area contributed by atoms with Gasteiger partial charge in [0.1, 0.15) is 5.60 Å². The Bertz CT molecular complexity index is 1320. The summed E-state index contributed by atoms with van der Waals surface area (Å²) in [5.41, 5.74) is 0.464. The van der Waals surface area contributed by atoms with Crippen molar-refractivity contribution in [2.75, 3.05) is 47.1 Å². The molecule has 10 nitrogen and oxygen atoms in total. The van der Waals surface area contributed by atoms with Crippen LogP contribution >= 0.6 is 0 Å². The average Bonchev–Trinajstić information content (AvgIpc) is 3.06. The maximum absolute atomic E-state index is 14.3. The lowest BCUT2D eigenvalue weighted by molar-refractivity contribution is -0.129. The number of nitrogens with one attached hydrogen (secondary N) is 2. The van der Waals surface area contributed by atoms with Crippen LogP contribution in [0.25, 0.3) is 0 Å². The minimum atomic E-state index is -2.38. The van der Waals surface area contributed by atoms with E-state index in [9.17, 15) is 9.59 Å². The van der Waals surface area contributed by atoms with E-state index in [4.69, 9.17) is 23.4 Å². The van der Waals surface area contributed by atoms with Crippen molar-refractivity contribution in [3.05, 3.63) is 23.8 Å². The number of amides is 2. The first-order valence-corrected chi connectivity index (χ1v) is 23.5. The zero-order valence-corrected chi connectivity index (χ0v) is 37.4. The van der Waals surface area contributed by atoms with Crippen LogP contribution in [0.3, 0.4) is 0 Å². The first-order valence-electron chi connectivity index (χ1n) is 20.6. The predicted octanol–water partition coefficient (Wildman–Crippen LogP) is 8.47. The van der Waals surface area contributed by atoms with Gasteiger partial charge in [-0.1, -0.05) is 54.5 Å². The summed E-state index contributed by atoms with van der Waals surface area (Å²) in [6.07, 6.45) is 4.12. The zero-order valence-electron chi connectivity index (χ0n) is 36.4. The number of benzene rings is 1. The topological polar surface area (TPSA) is 108 Å². The van der Waals surface area contributed by atoms with Gasteiger partial charge in [0.05, 0.1) is 25.9 Å². The van der Waals surface area contributed by atoms with Crippen LogP contribution in [0.4, 0.5) is 4.79 Å². The Kier molecular flexibility index (Phi) is 17.2. The standard InChI is InChI=1S/C43H77N3O7Si/c1-29(2)33(24-31-16-17-37(50-12)39(25-31)51-23-15-22-49-11)26-35(45-41(48)52-42(5,6)7)38(53-54(13,14)43(8,9)10)27-34(30(3)4)40(47)44-36-28-46-20-18-32(36)19-21-46/h16-17,25,29-30,32-36,38H,15,18-24,26-28H2,1-14H3,(H,44,47)(H,45,48)/t33-,34-,35-,36?,38-/m0/s1. The van der Waals surface area contributed by atoms with E-state index in [0.717, 1.165) is 50.9 Å². The Labute approximate surface area is 329 Å². The number of hydrogen-bond acceptors (Lipinski definition) is 8. The summed E-state index contributed by atoms with van der Waals surface area (Å²) in [7, 11) is 0.972. The van der Waals surface area contributed by atoms with E-state index < -0.39 is 32.2 Å². The van der Waals surface area contributed by atoms with Gasteiger partial charge in [0.15, 0.2) is 19.8 Å². The molecule has 2 amide bonds. The number of piperidine rings is 3. The van der Waals surface area contributed by atoms with E-state index in [2.05, 4.69) is 89.2 Å². The Morgan fingerprint density at radius 1 is 0.926 bits per heavy atom. The minimum absolute atomic E-state index is 0.0761.